The molecule has 140 valence electrons. The van der Waals surface area contributed by atoms with Crippen LogP contribution >= 0.6 is 15.4 Å². The standard InChI is InChI=1S/C14H39N7P2/c1-14(2,3)16-22(15-12-11-13-21(22)10)17-23(18(4)5,19(6)7)20(8)9/h15-16,22H,11-13H2,1-10H3. The van der Waals surface area contributed by atoms with Crippen LogP contribution in [0.15, 0.2) is 4.52 Å². The zero-order valence-electron chi connectivity index (χ0n) is 16.8. The van der Waals surface area contributed by atoms with Crippen molar-refractivity contribution in [1.82, 2.24) is 28.9 Å². The summed E-state index contributed by atoms with van der Waals surface area (Å²) in [5.74, 6) is 0. The van der Waals surface area contributed by atoms with Crippen molar-refractivity contribution in [3.63, 3.8) is 0 Å². The summed E-state index contributed by atoms with van der Waals surface area (Å²) >= 11 is 0. The first-order valence-corrected chi connectivity index (χ1v) is 11.8. The summed E-state index contributed by atoms with van der Waals surface area (Å²) in [5.41, 5.74) is 0.00885. The van der Waals surface area contributed by atoms with Crippen LogP contribution in [0, 0.1) is 0 Å². The van der Waals surface area contributed by atoms with Gasteiger partial charge in [-0.3, -0.25) is 0 Å². The third kappa shape index (κ3) is 4.74. The van der Waals surface area contributed by atoms with Gasteiger partial charge in [0.15, 0.2) is 0 Å². The third-order valence-corrected chi connectivity index (χ3v) is 12.7. The molecule has 0 aromatic carbocycles. The van der Waals surface area contributed by atoms with Crippen LogP contribution in [0.4, 0.5) is 0 Å². The molecule has 1 fully saturated rings. The number of hydrogen-bond donors (Lipinski definition) is 2. The van der Waals surface area contributed by atoms with Crippen LogP contribution in [0.25, 0.3) is 0 Å². The third-order valence-electron chi connectivity index (χ3n) is 4.03. The van der Waals surface area contributed by atoms with Gasteiger partial charge in [-0.2, -0.15) is 0 Å². The Balaban J connectivity index is 3.56. The molecule has 1 heterocycles. The molecule has 0 amide bonds. The fourth-order valence-electron chi connectivity index (χ4n) is 3.21. The molecular formula is C14H39N7P2. The van der Waals surface area contributed by atoms with E-state index in [4.69, 9.17) is 4.52 Å². The van der Waals surface area contributed by atoms with Crippen molar-refractivity contribution >= 4 is 15.4 Å². The van der Waals surface area contributed by atoms with E-state index in [9.17, 15) is 0 Å². The molecule has 1 aliphatic rings. The minimum absolute atomic E-state index is 0.00885. The monoisotopic (exact) mass is 367 g/mol. The molecule has 0 atom stereocenters. The van der Waals surface area contributed by atoms with Crippen molar-refractivity contribution in [3.8, 4) is 0 Å². The fraction of sp³-hybridized carbons (Fsp3) is 1.00. The Hall–Kier alpha value is 0.420. The molecule has 1 aliphatic heterocycles. The van der Waals surface area contributed by atoms with E-state index >= 15 is 0 Å². The second-order valence-electron chi connectivity index (χ2n) is 7.93. The van der Waals surface area contributed by atoms with E-state index < -0.39 is 15.4 Å². The molecule has 0 saturated carbocycles. The summed E-state index contributed by atoms with van der Waals surface area (Å²) < 4.78 is 14.9. The van der Waals surface area contributed by atoms with Gasteiger partial charge in [0.2, 0.25) is 0 Å². The first-order valence-electron chi connectivity index (χ1n) is 8.30. The van der Waals surface area contributed by atoms with Crippen LogP contribution < -0.4 is 10.2 Å². The molecule has 1 saturated heterocycles. The first-order chi connectivity index (χ1) is 10.4. The Morgan fingerprint density at radius 3 is 1.87 bits per heavy atom. The minimum atomic E-state index is -2.36. The Morgan fingerprint density at radius 2 is 1.52 bits per heavy atom. The van der Waals surface area contributed by atoms with E-state index in [2.05, 4.69) is 99.0 Å². The maximum atomic E-state index is 5.59. The Bertz CT molecular complexity index is 416. The van der Waals surface area contributed by atoms with Crippen molar-refractivity contribution in [2.75, 3.05) is 62.4 Å². The molecule has 0 unspecified atom stereocenters. The summed E-state index contributed by atoms with van der Waals surface area (Å²) in [4.78, 5) is 0. The van der Waals surface area contributed by atoms with Gasteiger partial charge in [0, 0.05) is 0 Å². The fourth-order valence-corrected chi connectivity index (χ4v) is 12.8. The van der Waals surface area contributed by atoms with E-state index in [1.165, 1.54) is 6.42 Å². The summed E-state index contributed by atoms with van der Waals surface area (Å²) in [6.45, 7) is 8.78. The van der Waals surface area contributed by atoms with Gasteiger partial charge in [-0.1, -0.05) is 0 Å². The number of nitrogens with one attached hydrogen (secondary N) is 2. The van der Waals surface area contributed by atoms with E-state index in [1.54, 1.807) is 0 Å². The van der Waals surface area contributed by atoms with E-state index in [0.717, 1.165) is 13.1 Å². The van der Waals surface area contributed by atoms with Gasteiger partial charge in [-0.15, -0.1) is 0 Å². The molecule has 0 radical (unpaired) electrons. The van der Waals surface area contributed by atoms with E-state index in [0.29, 0.717) is 0 Å². The number of hydrogen-bond acceptors (Lipinski definition) is 4. The van der Waals surface area contributed by atoms with Crippen LogP contribution in [0.2, 0.25) is 0 Å². The van der Waals surface area contributed by atoms with E-state index in [1.807, 2.05) is 0 Å². The van der Waals surface area contributed by atoms with Crippen molar-refractivity contribution in [2.45, 2.75) is 32.7 Å². The Labute approximate surface area is 144 Å². The molecule has 7 nitrogen and oxygen atoms in total. The SMILES string of the molecule is CN(C)P(=N[PH]1(NC(C)(C)C)NCCCN1C)(N(C)C)N(C)C. The molecule has 0 aromatic rings. The number of rotatable bonds is 5. The van der Waals surface area contributed by atoms with Gasteiger partial charge in [-0.25, -0.2) is 0 Å². The van der Waals surface area contributed by atoms with Crippen LogP contribution in [0.3, 0.4) is 0 Å². The quantitative estimate of drug-likeness (QED) is 0.728. The second-order valence-corrected chi connectivity index (χ2v) is 14.9. The van der Waals surface area contributed by atoms with Crippen molar-refractivity contribution in [3.05, 3.63) is 0 Å². The summed E-state index contributed by atoms with van der Waals surface area (Å²) in [6.07, 6.45) is 1.17. The first kappa shape index (κ1) is 21.5. The summed E-state index contributed by atoms with van der Waals surface area (Å²) in [6, 6.07) is 0. The average molecular weight is 367 g/mol. The zero-order valence-corrected chi connectivity index (χ0v) is 18.7. The molecular weight excluding hydrogens is 328 g/mol. The van der Waals surface area contributed by atoms with Crippen molar-refractivity contribution in [2.24, 2.45) is 4.52 Å². The van der Waals surface area contributed by atoms with Crippen LogP contribution in [-0.4, -0.2) is 86.6 Å². The predicted molar refractivity (Wildman–Crippen MR) is 107 cm³/mol. The van der Waals surface area contributed by atoms with Crippen molar-refractivity contribution in [1.29, 1.82) is 0 Å². The van der Waals surface area contributed by atoms with Crippen LogP contribution in [0.5, 0.6) is 0 Å². The summed E-state index contributed by atoms with van der Waals surface area (Å²) in [7, 11) is 10.7. The molecule has 1 rings (SSSR count). The van der Waals surface area contributed by atoms with Gasteiger partial charge in [-0.05, 0) is 0 Å². The van der Waals surface area contributed by atoms with Crippen LogP contribution in [-0.2, 0) is 0 Å². The molecule has 0 aromatic heterocycles. The molecule has 9 heteroatoms. The Kier molecular flexibility index (Phi) is 7.24. The summed E-state index contributed by atoms with van der Waals surface area (Å²) in [5, 5.41) is 7.67. The molecule has 2 N–H and O–H groups in total. The van der Waals surface area contributed by atoms with Crippen molar-refractivity contribution < 1.29 is 0 Å². The predicted octanol–water partition coefficient (Wildman–Crippen LogP) is 2.34. The number of nitrogens with zero attached hydrogens (tertiary/aromatic N) is 5. The average Bonchev–Trinajstić information content (AvgIpc) is 2.36. The molecule has 0 bridgehead atoms. The van der Waals surface area contributed by atoms with Gasteiger partial charge in [0.25, 0.3) is 0 Å². The molecule has 0 spiro atoms. The molecule has 23 heavy (non-hydrogen) atoms. The second kappa shape index (κ2) is 7.76. The van der Waals surface area contributed by atoms with Gasteiger partial charge in [0.05, 0.1) is 0 Å². The Morgan fingerprint density at radius 1 is 1.04 bits per heavy atom. The van der Waals surface area contributed by atoms with Gasteiger partial charge >= 0.3 is 144 Å². The van der Waals surface area contributed by atoms with Crippen LogP contribution in [0.1, 0.15) is 27.2 Å². The molecule has 0 aliphatic carbocycles. The maximum absolute atomic E-state index is 5.59. The van der Waals surface area contributed by atoms with E-state index in [-0.39, 0.29) is 5.54 Å². The van der Waals surface area contributed by atoms with Gasteiger partial charge < -0.3 is 0 Å². The normalized spacial score (nSPS) is 22.0. The topological polar surface area (TPSA) is 49.4 Å². The van der Waals surface area contributed by atoms with Gasteiger partial charge in [0.1, 0.15) is 0 Å². The zero-order chi connectivity index (χ0) is 18.1.